The molecule has 0 spiro atoms. The summed E-state index contributed by atoms with van der Waals surface area (Å²) in [6.45, 7) is 7.74. The molecule has 0 bridgehead atoms. The highest BCUT2D eigenvalue weighted by atomic mass is 35.5. The lowest BCUT2D eigenvalue weighted by Crippen LogP contribution is -2.50. The van der Waals surface area contributed by atoms with E-state index in [4.69, 9.17) is 11.6 Å². The van der Waals surface area contributed by atoms with Crippen LogP contribution < -0.4 is 4.90 Å². The van der Waals surface area contributed by atoms with Gasteiger partial charge in [0.2, 0.25) is 5.91 Å². The molecular formula is C24H27ClN4O. The number of rotatable bonds is 3. The molecule has 5 rings (SSSR count). The maximum atomic E-state index is 13.0. The van der Waals surface area contributed by atoms with Crippen molar-refractivity contribution in [2.45, 2.75) is 19.9 Å². The number of carbonyl (C=O) groups excluding carboxylic acids is 1. The molecule has 0 radical (unpaired) electrons. The molecule has 0 saturated carbocycles. The number of carbonyl (C=O) groups is 1. The fourth-order valence-corrected chi connectivity index (χ4v) is 4.91. The Morgan fingerprint density at radius 1 is 1.07 bits per heavy atom. The molecule has 0 atom stereocenters. The molecule has 1 N–H and O–H groups in total. The average Bonchev–Trinajstić information content (AvgIpc) is 3.14. The smallest absolute Gasteiger partial charge is 0.237 e. The van der Waals surface area contributed by atoms with Crippen molar-refractivity contribution >= 4 is 34.1 Å². The second kappa shape index (κ2) is 7.97. The summed E-state index contributed by atoms with van der Waals surface area (Å²) in [6, 6.07) is 14.4. The number of aryl methyl sites for hydroxylation is 1. The highest BCUT2D eigenvalue weighted by molar-refractivity contribution is 6.30. The predicted octanol–water partition coefficient (Wildman–Crippen LogP) is 3.84. The number of aromatic amines is 1. The minimum absolute atomic E-state index is 0.235. The minimum Gasteiger partial charge on any atom is -0.369 e. The van der Waals surface area contributed by atoms with Crippen LogP contribution in [0.5, 0.6) is 0 Å². The first kappa shape index (κ1) is 19.5. The van der Waals surface area contributed by atoms with Crippen molar-refractivity contribution in [2.75, 3.05) is 44.2 Å². The van der Waals surface area contributed by atoms with Crippen LogP contribution in [0, 0.1) is 6.92 Å². The predicted molar refractivity (Wildman–Crippen MR) is 122 cm³/mol. The molecule has 0 unspecified atom stereocenters. The summed E-state index contributed by atoms with van der Waals surface area (Å²) in [5.74, 6) is 0.235. The molecule has 1 amide bonds. The average molecular weight is 423 g/mol. The van der Waals surface area contributed by atoms with Gasteiger partial charge in [-0.25, -0.2) is 0 Å². The van der Waals surface area contributed by atoms with E-state index in [0.29, 0.717) is 13.1 Å². The summed E-state index contributed by atoms with van der Waals surface area (Å²) in [5.41, 5.74) is 6.18. The van der Waals surface area contributed by atoms with Crippen LogP contribution in [0.25, 0.3) is 10.9 Å². The fraction of sp³-hybridized carbons (Fsp3) is 0.375. The third kappa shape index (κ3) is 3.68. The molecule has 156 valence electrons. The summed E-state index contributed by atoms with van der Waals surface area (Å²) in [6.07, 6.45) is 0.900. The van der Waals surface area contributed by atoms with E-state index in [2.05, 4.69) is 52.0 Å². The number of halogens is 1. The Labute approximate surface area is 182 Å². The van der Waals surface area contributed by atoms with Gasteiger partial charge in [0.15, 0.2) is 0 Å². The van der Waals surface area contributed by atoms with E-state index >= 15 is 0 Å². The summed E-state index contributed by atoms with van der Waals surface area (Å²) in [7, 11) is 0. The number of para-hydroxylation sites is 1. The quantitative estimate of drug-likeness (QED) is 0.697. The number of hydrogen-bond donors (Lipinski definition) is 1. The zero-order valence-electron chi connectivity index (χ0n) is 17.3. The zero-order chi connectivity index (χ0) is 20.7. The standard InChI is InChI=1S/C24H27ClN4O/c1-17-6-7-18(25)14-23(17)28-12-10-27(11-13-28)16-24(30)29-9-8-22-20(15-29)19-4-2-3-5-21(19)26-22/h2-7,14,26H,8-13,15-16H2,1H3. The maximum absolute atomic E-state index is 13.0. The van der Waals surface area contributed by atoms with Gasteiger partial charge < -0.3 is 14.8 Å². The Morgan fingerprint density at radius 3 is 2.70 bits per heavy atom. The van der Waals surface area contributed by atoms with Crippen molar-refractivity contribution in [1.82, 2.24) is 14.8 Å². The van der Waals surface area contributed by atoms with Crippen LogP contribution in [-0.4, -0.2) is 60.0 Å². The number of piperazine rings is 1. The lowest BCUT2D eigenvalue weighted by molar-refractivity contribution is -0.133. The number of benzene rings is 2. The van der Waals surface area contributed by atoms with Crippen molar-refractivity contribution in [3.63, 3.8) is 0 Å². The molecule has 1 saturated heterocycles. The monoisotopic (exact) mass is 422 g/mol. The van der Waals surface area contributed by atoms with Gasteiger partial charge in [0.1, 0.15) is 0 Å². The van der Waals surface area contributed by atoms with Crippen LogP contribution >= 0.6 is 11.6 Å². The highest BCUT2D eigenvalue weighted by Gasteiger charge is 2.26. The molecule has 0 aliphatic carbocycles. The largest absolute Gasteiger partial charge is 0.369 e. The Morgan fingerprint density at radius 2 is 1.87 bits per heavy atom. The Hall–Kier alpha value is -2.50. The molecule has 5 nitrogen and oxygen atoms in total. The summed E-state index contributed by atoms with van der Waals surface area (Å²) in [5, 5.41) is 2.02. The SMILES string of the molecule is Cc1ccc(Cl)cc1N1CCN(CC(=O)N2CCc3[nH]c4ccccc4c3C2)CC1. The molecule has 2 aromatic carbocycles. The summed E-state index contributed by atoms with van der Waals surface area (Å²) in [4.78, 5) is 23.2. The van der Waals surface area contributed by atoms with Gasteiger partial charge in [-0.1, -0.05) is 35.9 Å². The normalized spacial score (nSPS) is 17.4. The van der Waals surface area contributed by atoms with Crippen molar-refractivity contribution < 1.29 is 4.79 Å². The van der Waals surface area contributed by atoms with Gasteiger partial charge in [-0.2, -0.15) is 0 Å². The van der Waals surface area contributed by atoms with E-state index in [0.717, 1.165) is 44.2 Å². The Kier molecular flexibility index (Phi) is 5.17. The van der Waals surface area contributed by atoms with Crippen LogP contribution in [0.1, 0.15) is 16.8 Å². The number of fused-ring (bicyclic) bond motifs is 3. The van der Waals surface area contributed by atoms with Crippen molar-refractivity contribution in [3.8, 4) is 0 Å². The van der Waals surface area contributed by atoms with Gasteiger partial charge in [0.05, 0.1) is 6.54 Å². The molecule has 30 heavy (non-hydrogen) atoms. The molecule has 2 aliphatic rings. The fourth-order valence-electron chi connectivity index (χ4n) is 4.74. The topological polar surface area (TPSA) is 42.6 Å². The second-order valence-electron chi connectivity index (χ2n) is 8.39. The van der Waals surface area contributed by atoms with E-state index < -0.39 is 0 Å². The Bertz CT molecular complexity index is 1080. The van der Waals surface area contributed by atoms with Crippen LogP contribution in [0.4, 0.5) is 5.69 Å². The molecule has 2 aliphatic heterocycles. The van der Waals surface area contributed by atoms with Gasteiger partial charge >= 0.3 is 0 Å². The van der Waals surface area contributed by atoms with E-state index in [9.17, 15) is 4.79 Å². The zero-order valence-corrected chi connectivity index (χ0v) is 18.1. The maximum Gasteiger partial charge on any atom is 0.237 e. The van der Waals surface area contributed by atoms with E-state index in [1.54, 1.807) is 0 Å². The van der Waals surface area contributed by atoms with Gasteiger partial charge in [-0.05, 0) is 30.7 Å². The molecule has 6 heteroatoms. The summed E-state index contributed by atoms with van der Waals surface area (Å²) >= 11 is 6.19. The van der Waals surface area contributed by atoms with E-state index in [-0.39, 0.29) is 5.91 Å². The van der Waals surface area contributed by atoms with Gasteiger partial charge in [0.25, 0.3) is 0 Å². The number of amides is 1. The number of anilines is 1. The van der Waals surface area contributed by atoms with E-state index in [1.165, 1.54) is 33.4 Å². The number of nitrogens with one attached hydrogen (secondary N) is 1. The van der Waals surface area contributed by atoms with Gasteiger partial charge in [-0.15, -0.1) is 0 Å². The lowest BCUT2D eigenvalue weighted by Gasteiger charge is -2.37. The number of hydrogen-bond acceptors (Lipinski definition) is 3. The van der Waals surface area contributed by atoms with Gasteiger partial charge in [0, 0.05) is 78.6 Å². The van der Waals surface area contributed by atoms with Crippen LogP contribution in [0.2, 0.25) is 5.02 Å². The van der Waals surface area contributed by atoms with Crippen LogP contribution in [0.15, 0.2) is 42.5 Å². The lowest BCUT2D eigenvalue weighted by atomic mass is 10.0. The molecule has 3 aromatic rings. The number of aromatic nitrogens is 1. The van der Waals surface area contributed by atoms with Gasteiger partial charge in [-0.3, -0.25) is 9.69 Å². The highest BCUT2D eigenvalue weighted by Crippen LogP contribution is 2.28. The summed E-state index contributed by atoms with van der Waals surface area (Å²) < 4.78 is 0. The van der Waals surface area contributed by atoms with Crippen molar-refractivity contribution in [3.05, 3.63) is 64.3 Å². The molecule has 1 fully saturated rings. The first-order valence-electron chi connectivity index (χ1n) is 10.7. The number of nitrogens with zero attached hydrogens (tertiary/aromatic N) is 3. The van der Waals surface area contributed by atoms with Crippen LogP contribution in [-0.2, 0) is 17.8 Å². The van der Waals surface area contributed by atoms with Crippen molar-refractivity contribution in [1.29, 1.82) is 0 Å². The molecule has 3 heterocycles. The third-order valence-corrected chi connectivity index (χ3v) is 6.71. The van der Waals surface area contributed by atoms with Crippen LogP contribution in [0.3, 0.4) is 0 Å². The minimum atomic E-state index is 0.235. The first-order chi connectivity index (χ1) is 14.6. The molecule has 1 aromatic heterocycles. The third-order valence-electron chi connectivity index (χ3n) is 6.48. The van der Waals surface area contributed by atoms with Crippen molar-refractivity contribution in [2.24, 2.45) is 0 Å². The second-order valence-corrected chi connectivity index (χ2v) is 8.82. The molecular weight excluding hydrogens is 396 g/mol. The van der Waals surface area contributed by atoms with E-state index in [1.807, 2.05) is 17.0 Å². The Balaban J connectivity index is 1.20. The number of H-pyrrole nitrogens is 1. The first-order valence-corrected chi connectivity index (χ1v) is 11.1.